The number of likely N-dealkylation sites (tertiary alicyclic amines) is 1. The molecule has 2 aliphatic rings. The molecular formula is C18H33Cl2N5O. The smallest absolute Gasteiger partial charge is 0.225 e. The zero-order valence-electron chi connectivity index (χ0n) is 15.8. The maximum Gasteiger partial charge on any atom is 0.225 e. The zero-order valence-corrected chi connectivity index (χ0v) is 17.5. The topological polar surface area (TPSA) is 62.2 Å². The highest BCUT2D eigenvalue weighted by Gasteiger charge is 2.34. The van der Waals surface area contributed by atoms with E-state index in [0.717, 1.165) is 25.2 Å². The SMILES string of the molecule is CCCN1CCC(CNC(=O)[C@H]2CNC[C@@H]2c2cnn(C)c2)CC1.Cl.Cl. The van der Waals surface area contributed by atoms with E-state index in [1.807, 2.05) is 24.1 Å². The van der Waals surface area contributed by atoms with E-state index in [1.54, 1.807) is 0 Å². The molecule has 3 rings (SSSR count). The van der Waals surface area contributed by atoms with Crippen molar-refractivity contribution in [3.63, 3.8) is 0 Å². The van der Waals surface area contributed by atoms with E-state index in [-0.39, 0.29) is 42.6 Å². The van der Waals surface area contributed by atoms with Crippen molar-refractivity contribution in [3.05, 3.63) is 18.0 Å². The Hall–Kier alpha value is -0.820. The molecule has 0 aromatic carbocycles. The summed E-state index contributed by atoms with van der Waals surface area (Å²) < 4.78 is 1.81. The molecule has 2 fully saturated rings. The lowest BCUT2D eigenvalue weighted by atomic mass is 9.89. The molecule has 0 saturated carbocycles. The average Bonchev–Trinajstić information content (AvgIpc) is 3.23. The van der Waals surface area contributed by atoms with Gasteiger partial charge in [-0.15, -0.1) is 24.8 Å². The summed E-state index contributed by atoms with van der Waals surface area (Å²) in [6.07, 6.45) is 7.55. The van der Waals surface area contributed by atoms with Gasteiger partial charge in [0.1, 0.15) is 0 Å². The van der Waals surface area contributed by atoms with Crippen LogP contribution in [0.3, 0.4) is 0 Å². The number of halogens is 2. The zero-order chi connectivity index (χ0) is 16.9. The number of aryl methyl sites for hydroxylation is 1. The minimum Gasteiger partial charge on any atom is -0.356 e. The summed E-state index contributed by atoms with van der Waals surface area (Å²) in [5.74, 6) is 1.09. The third kappa shape index (κ3) is 5.84. The van der Waals surface area contributed by atoms with E-state index in [2.05, 4.69) is 27.6 Å². The second-order valence-electron chi connectivity index (χ2n) is 7.35. The fourth-order valence-corrected chi connectivity index (χ4v) is 4.04. The highest BCUT2D eigenvalue weighted by Crippen LogP contribution is 2.28. The van der Waals surface area contributed by atoms with Gasteiger partial charge in [-0.25, -0.2) is 0 Å². The van der Waals surface area contributed by atoms with Crippen LogP contribution in [0.5, 0.6) is 0 Å². The lowest BCUT2D eigenvalue weighted by Crippen LogP contribution is -2.41. The molecule has 0 unspecified atom stereocenters. The number of aromatic nitrogens is 2. The number of nitrogens with zero attached hydrogens (tertiary/aromatic N) is 3. The van der Waals surface area contributed by atoms with Gasteiger partial charge >= 0.3 is 0 Å². The first-order valence-corrected chi connectivity index (χ1v) is 9.36. The van der Waals surface area contributed by atoms with Crippen molar-refractivity contribution in [1.29, 1.82) is 0 Å². The van der Waals surface area contributed by atoms with Gasteiger partial charge in [0.05, 0.1) is 12.1 Å². The van der Waals surface area contributed by atoms with Crippen LogP contribution in [0.4, 0.5) is 0 Å². The van der Waals surface area contributed by atoms with Crippen LogP contribution >= 0.6 is 24.8 Å². The largest absolute Gasteiger partial charge is 0.356 e. The molecule has 0 aliphatic carbocycles. The fraction of sp³-hybridized carbons (Fsp3) is 0.778. The summed E-state index contributed by atoms with van der Waals surface area (Å²) in [7, 11) is 1.92. The van der Waals surface area contributed by atoms with Crippen molar-refractivity contribution in [3.8, 4) is 0 Å². The van der Waals surface area contributed by atoms with Crippen molar-refractivity contribution >= 4 is 30.7 Å². The third-order valence-corrected chi connectivity index (χ3v) is 5.52. The van der Waals surface area contributed by atoms with Crippen LogP contribution in [0.15, 0.2) is 12.4 Å². The van der Waals surface area contributed by atoms with Gasteiger partial charge in [-0.2, -0.15) is 5.10 Å². The van der Waals surface area contributed by atoms with Crippen molar-refractivity contribution < 1.29 is 4.79 Å². The first-order chi connectivity index (χ1) is 11.7. The number of hydrogen-bond acceptors (Lipinski definition) is 4. The number of piperidine rings is 1. The predicted molar refractivity (Wildman–Crippen MR) is 109 cm³/mol. The van der Waals surface area contributed by atoms with Gasteiger partial charge in [0.25, 0.3) is 0 Å². The highest BCUT2D eigenvalue weighted by molar-refractivity contribution is 5.85. The molecule has 0 spiro atoms. The number of amides is 1. The van der Waals surface area contributed by atoms with Crippen molar-refractivity contribution in [1.82, 2.24) is 25.3 Å². The number of nitrogens with one attached hydrogen (secondary N) is 2. The molecule has 2 saturated heterocycles. The molecule has 26 heavy (non-hydrogen) atoms. The molecule has 2 atom stereocenters. The van der Waals surface area contributed by atoms with Crippen LogP contribution in [-0.2, 0) is 11.8 Å². The van der Waals surface area contributed by atoms with Crippen molar-refractivity contribution in [2.75, 3.05) is 39.3 Å². The van der Waals surface area contributed by atoms with Gasteiger partial charge in [0, 0.05) is 38.8 Å². The van der Waals surface area contributed by atoms with Gasteiger partial charge in [-0.1, -0.05) is 6.92 Å². The van der Waals surface area contributed by atoms with Gasteiger partial charge in [-0.05, 0) is 50.4 Å². The summed E-state index contributed by atoms with van der Waals surface area (Å²) in [4.78, 5) is 15.2. The second-order valence-corrected chi connectivity index (χ2v) is 7.35. The summed E-state index contributed by atoms with van der Waals surface area (Å²) in [6, 6.07) is 0. The van der Waals surface area contributed by atoms with Crippen LogP contribution in [0.2, 0.25) is 0 Å². The molecular weight excluding hydrogens is 373 g/mol. The average molecular weight is 406 g/mol. The van der Waals surface area contributed by atoms with E-state index in [9.17, 15) is 4.79 Å². The van der Waals surface area contributed by atoms with Gasteiger partial charge in [0.15, 0.2) is 0 Å². The van der Waals surface area contributed by atoms with E-state index < -0.39 is 0 Å². The van der Waals surface area contributed by atoms with Crippen molar-refractivity contribution in [2.24, 2.45) is 18.9 Å². The molecule has 3 heterocycles. The molecule has 1 aromatic heterocycles. The highest BCUT2D eigenvalue weighted by atomic mass is 35.5. The Kier molecular flexibility index (Phi) is 9.93. The van der Waals surface area contributed by atoms with Gasteiger partial charge < -0.3 is 15.5 Å². The number of rotatable bonds is 6. The molecule has 2 N–H and O–H groups in total. The van der Waals surface area contributed by atoms with Crippen LogP contribution in [0, 0.1) is 11.8 Å². The molecule has 6 nitrogen and oxygen atoms in total. The van der Waals surface area contributed by atoms with Gasteiger partial charge in [0.2, 0.25) is 5.91 Å². The van der Waals surface area contributed by atoms with E-state index >= 15 is 0 Å². The van der Waals surface area contributed by atoms with Crippen LogP contribution in [0.25, 0.3) is 0 Å². The summed E-state index contributed by atoms with van der Waals surface area (Å²) >= 11 is 0. The maximum atomic E-state index is 12.7. The first kappa shape index (κ1) is 23.2. The number of carbonyl (C=O) groups excluding carboxylic acids is 1. The number of hydrogen-bond donors (Lipinski definition) is 2. The monoisotopic (exact) mass is 405 g/mol. The Bertz CT molecular complexity index is 545. The Morgan fingerprint density at radius 2 is 2.04 bits per heavy atom. The Labute approximate surface area is 169 Å². The van der Waals surface area contributed by atoms with Gasteiger partial charge in [-0.3, -0.25) is 9.48 Å². The lowest BCUT2D eigenvalue weighted by molar-refractivity contribution is -0.125. The summed E-state index contributed by atoms with van der Waals surface area (Å²) in [5, 5.41) is 10.8. The third-order valence-electron chi connectivity index (χ3n) is 5.52. The van der Waals surface area contributed by atoms with Crippen LogP contribution in [-0.4, -0.2) is 59.9 Å². The van der Waals surface area contributed by atoms with E-state index in [4.69, 9.17) is 0 Å². The molecule has 150 valence electrons. The Morgan fingerprint density at radius 1 is 1.31 bits per heavy atom. The first-order valence-electron chi connectivity index (χ1n) is 9.36. The minimum absolute atomic E-state index is 0. The molecule has 8 heteroatoms. The Balaban J connectivity index is 0.00000169. The Morgan fingerprint density at radius 3 is 2.65 bits per heavy atom. The lowest BCUT2D eigenvalue weighted by Gasteiger charge is -2.32. The molecule has 1 amide bonds. The summed E-state index contributed by atoms with van der Waals surface area (Å²) in [6.45, 7) is 8.25. The molecule has 0 bridgehead atoms. The molecule has 0 radical (unpaired) electrons. The molecule has 2 aliphatic heterocycles. The summed E-state index contributed by atoms with van der Waals surface area (Å²) in [5.41, 5.74) is 1.16. The minimum atomic E-state index is 0. The molecule has 1 aromatic rings. The second kappa shape index (κ2) is 11.1. The van der Waals surface area contributed by atoms with Crippen molar-refractivity contribution in [2.45, 2.75) is 32.1 Å². The normalized spacial score (nSPS) is 23.9. The van der Waals surface area contributed by atoms with E-state index in [0.29, 0.717) is 5.92 Å². The maximum absolute atomic E-state index is 12.7. The standard InChI is InChI=1S/C18H31N5O.2ClH/c1-3-6-23-7-4-14(5-8-23)9-20-18(24)17-12-19-11-16(17)15-10-21-22(2)13-15;;/h10,13-14,16-17,19H,3-9,11-12H2,1-2H3,(H,20,24);2*1H/t16-,17+;;/m1../s1. The quantitative estimate of drug-likeness (QED) is 0.757. The number of carbonyl (C=O) groups is 1. The predicted octanol–water partition coefficient (Wildman–Crippen LogP) is 1.80. The van der Waals surface area contributed by atoms with Crippen LogP contribution < -0.4 is 10.6 Å². The fourth-order valence-electron chi connectivity index (χ4n) is 4.04. The van der Waals surface area contributed by atoms with E-state index in [1.165, 1.54) is 38.9 Å². The van der Waals surface area contributed by atoms with Crippen LogP contribution in [0.1, 0.15) is 37.7 Å².